The van der Waals surface area contributed by atoms with Crippen LogP contribution in [-0.2, 0) is 4.74 Å². The minimum absolute atomic E-state index is 0.00717. The highest BCUT2D eigenvalue weighted by Crippen LogP contribution is 2.30. The van der Waals surface area contributed by atoms with Gasteiger partial charge in [0, 0.05) is 50.4 Å². The number of nitro groups is 1. The van der Waals surface area contributed by atoms with Gasteiger partial charge in [0.25, 0.3) is 5.69 Å². The molecule has 0 atom stereocenters. The Morgan fingerprint density at radius 2 is 2.04 bits per heavy atom. The molecule has 0 bridgehead atoms. The summed E-state index contributed by atoms with van der Waals surface area (Å²) >= 11 is 0. The van der Waals surface area contributed by atoms with Crippen molar-refractivity contribution in [2.45, 2.75) is 13.3 Å². The summed E-state index contributed by atoms with van der Waals surface area (Å²) in [5, 5.41) is 11.3. The molecule has 0 unspecified atom stereocenters. The van der Waals surface area contributed by atoms with Gasteiger partial charge < -0.3 is 9.64 Å². The summed E-state index contributed by atoms with van der Waals surface area (Å²) in [5.41, 5.74) is 1.05. The third-order valence-electron chi connectivity index (χ3n) is 4.18. The maximum atomic E-state index is 11.9. The number of nitrogens with zero attached hydrogens (tertiary/aromatic N) is 3. The van der Waals surface area contributed by atoms with Gasteiger partial charge in [-0.15, -0.1) is 12.3 Å². The molecule has 1 aliphatic rings. The number of carbonyl (C=O) groups excluding carboxylic acids is 1. The molecule has 128 valence electrons. The van der Waals surface area contributed by atoms with Crippen LogP contribution in [-0.4, -0.2) is 55.6 Å². The third kappa shape index (κ3) is 3.84. The van der Waals surface area contributed by atoms with Crippen molar-refractivity contribution in [3.63, 3.8) is 0 Å². The monoisotopic (exact) mass is 331 g/mol. The second kappa shape index (κ2) is 7.79. The van der Waals surface area contributed by atoms with Crippen molar-refractivity contribution < 1.29 is 14.5 Å². The number of rotatable bonds is 5. The van der Waals surface area contributed by atoms with Gasteiger partial charge in [-0.25, -0.2) is 4.79 Å². The Morgan fingerprint density at radius 3 is 2.58 bits per heavy atom. The summed E-state index contributed by atoms with van der Waals surface area (Å²) in [6.45, 7) is 5.80. The molecule has 7 nitrogen and oxygen atoms in total. The van der Waals surface area contributed by atoms with Crippen molar-refractivity contribution in [1.82, 2.24) is 4.90 Å². The van der Waals surface area contributed by atoms with Crippen LogP contribution in [0.25, 0.3) is 0 Å². The molecule has 1 aromatic carbocycles. The summed E-state index contributed by atoms with van der Waals surface area (Å²) in [7, 11) is 1.22. The van der Waals surface area contributed by atoms with E-state index in [9.17, 15) is 14.9 Å². The zero-order valence-corrected chi connectivity index (χ0v) is 13.9. The lowest BCUT2D eigenvalue weighted by Gasteiger charge is -2.36. The summed E-state index contributed by atoms with van der Waals surface area (Å²) in [6.07, 6.45) is 6.02. The molecule has 0 aliphatic carbocycles. The van der Waals surface area contributed by atoms with Gasteiger partial charge in [-0.2, -0.15) is 0 Å². The molecule has 1 aliphatic heterocycles. The van der Waals surface area contributed by atoms with Gasteiger partial charge in [0.1, 0.15) is 5.56 Å². The molecule has 0 amide bonds. The van der Waals surface area contributed by atoms with E-state index in [0.29, 0.717) is 5.56 Å². The normalized spacial score (nSPS) is 15.0. The van der Waals surface area contributed by atoms with E-state index in [1.54, 1.807) is 19.1 Å². The Labute approximate surface area is 141 Å². The Bertz CT molecular complexity index is 673. The second-order valence-corrected chi connectivity index (χ2v) is 5.69. The molecule has 24 heavy (non-hydrogen) atoms. The number of methoxy groups -OCH3 is 1. The molecule has 0 saturated carbocycles. The van der Waals surface area contributed by atoms with Crippen molar-refractivity contribution in [3.8, 4) is 12.3 Å². The highest BCUT2D eigenvalue weighted by atomic mass is 16.6. The van der Waals surface area contributed by atoms with E-state index in [0.717, 1.165) is 44.8 Å². The van der Waals surface area contributed by atoms with Gasteiger partial charge in [0.2, 0.25) is 0 Å². The van der Waals surface area contributed by atoms with Crippen LogP contribution in [0, 0.1) is 29.4 Å². The summed E-state index contributed by atoms with van der Waals surface area (Å²) in [4.78, 5) is 27.0. The molecule has 1 heterocycles. The molecule has 1 saturated heterocycles. The maximum absolute atomic E-state index is 11.9. The van der Waals surface area contributed by atoms with Gasteiger partial charge >= 0.3 is 5.97 Å². The lowest BCUT2D eigenvalue weighted by atomic mass is 10.1. The molecule has 1 fully saturated rings. The van der Waals surface area contributed by atoms with Crippen LogP contribution in [0.4, 0.5) is 11.4 Å². The van der Waals surface area contributed by atoms with Crippen molar-refractivity contribution in [2.24, 2.45) is 0 Å². The predicted octanol–water partition coefficient (Wildman–Crippen LogP) is 1.84. The van der Waals surface area contributed by atoms with Crippen molar-refractivity contribution in [3.05, 3.63) is 33.4 Å². The van der Waals surface area contributed by atoms with Crippen LogP contribution in [0.2, 0.25) is 0 Å². The highest BCUT2D eigenvalue weighted by molar-refractivity contribution is 5.95. The first-order valence-corrected chi connectivity index (χ1v) is 7.76. The van der Waals surface area contributed by atoms with E-state index in [2.05, 4.69) is 15.7 Å². The first kappa shape index (κ1) is 17.8. The minimum Gasteiger partial charge on any atom is -0.465 e. The number of hydrogen-bond acceptors (Lipinski definition) is 6. The number of hydrogen-bond donors (Lipinski definition) is 0. The Kier molecular flexibility index (Phi) is 5.77. The van der Waals surface area contributed by atoms with Crippen LogP contribution in [0.15, 0.2) is 12.1 Å². The van der Waals surface area contributed by atoms with E-state index >= 15 is 0 Å². The Balaban J connectivity index is 2.23. The Hall–Kier alpha value is -2.59. The first-order valence-electron chi connectivity index (χ1n) is 7.76. The van der Waals surface area contributed by atoms with E-state index < -0.39 is 10.9 Å². The number of esters is 1. The fourth-order valence-corrected chi connectivity index (χ4v) is 2.90. The fraction of sp³-hybridized carbons (Fsp3) is 0.471. The predicted molar refractivity (Wildman–Crippen MR) is 91.3 cm³/mol. The number of benzene rings is 1. The number of terminal acetylenes is 1. The van der Waals surface area contributed by atoms with Gasteiger partial charge in [-0.1, -0.05) is 0 Å². The van der Waals surface area contributed by atoms with Crippen molar-refractivity contribution >= 4 is 17.3 Å². The molecule has 0 N–H and O–H groups in total. The lowest BCUT2D eigenvalue weighted by molar-refractivity contribution is -0.385. The molecule has 0 aromatic heterocycles. The second-order valence-electron chi connectivity index (χ2n) is 5.69. The average Bonchev–Trinajstić information content (AvgIpc) is 2.58. The standard InChI is InChI=1S/C17H21N3O4/c1-4-5-6-18-7-9-19(10-8-18)14-11-13(2)16(20(22)23)15(12-14)17(21)24-3/h1,11-12H,5-10H2,2-3H3. The smallest absolute Gasteiger partial charge is 0.344 e. The molecular formula is C17H21N3O4. The number of anilines is 1. The van der Waals surface area contributed by atoms with Crippen LogP contribution in [0.3, 0.4) is 0 Å². The van der Waals surface area contributed by atoms with Crippen LogP contribution < -0.4 is 4.90 Å². The molecule has 0 radical (unpaired) electrons. The van der Waals surface area contributed by atoms with Gasteiger partial charge in [-0.05, 0) is 19.1 Å². The fourth-order valence-electron chi connectivity index (χ4n) is 2.90. The molecule has 7 heteroatoms. The van der Waals surface area contributed by atoms with Crippen molar-refractivity contribution in [2.75, 3.05) is 44.7 Å². The number of nitro benzene ring substituents is 1. The number of carbonyl (C=O) groups is 1. The van der Waals surface area contributed by atoms with E-state index in [4.69, 9.17) is 11.2 Å². The number of ether oxygens (including phenoxy) is 1. The molecule has 0 spiro atoms. The average molecular weight is 331 g/mol. The molecule has 1 aromatic rings. The van der Waals surface area contributed by atoms with E-state index in [-0.39, 0.29) is 11.3 Å². The van der Waals surface area contributed by atoms with Crippen LogP contribution in [0.1, 0.15) is 22.3 Å². The summed E-state index contributed by atoms with van der Waals surface area (Å²) in [6, 6.07) is 3.30. The lowest BCUT2D eigenvalue weighted by Crippen LogP contribution is -2.46. The first-order chi connectivity index (χ1) is 11.5. The maximum Gasteiger partial charge on any atom is 0.344 e. The number of aryl methyl sites for hydroxylation is 1. The van der Waals surface area contributed by atoms with E-state index in [1.807, 2.05) is 0 Å². The Morgan fingerprint density at radius 1 is 1.38 bits per heavy atom. The number of piperazine rings is 1. The SMILES string of the molecule is C#CCCN1CCN(c2cc(C)c([N+](=O)[O-])c(C(=O)OC)c2)CC1. The zero-order chi connectivity index (χ0) is 17.7. The largest absolute Gasteiger partial charge is 0.465 e. The summed E-state index contributed by atoms with van der Waals surface area (Å²) < 4.78 is 4.70. The molecular weight excluding hydrogens is 310 g/mol. The third-order valence-corrected chi connectivity index (χ3v) is 4.18. The van der Waals surface area contributed by atoms with E-state index in [1.165, 1.54) is 7.11 Å². The highest BCUT2D eigenvalue weighted by Gasteiger charge is 2.27. The van der Waals surface area contributed by atoms with Crippen LogP contribution in [0.5, 0.6) is 0 Å². The van der Waals surface area contributed by atoms with Crippen molar-refractivity contribution in [1.29, 1.82) is 0 Å². The van der Waals surface area contributed by atoms with Gasteiger partial charge in [-0.3, -0.25) is 15.0 Å². The quantitative estimate of drug-likeness (QED) is 0.355. The van der Waals surface area contributed by atoms with Gasteiger partial charge in [0.15, 0.2) is 0 Å². The topological polar surface area (TPSA) is 75.9 Å². The van der Waals surface area contributed by atoms with Gasteiger partial charge in [0.05, 0.1) is 12.0 Å². The van der Waals surface area contributed by atoms with Crippen LogP contribution >= 0.6 is 0 Å². The zero-order valence-electron chi connectivity index (χ0n) is 13.9. The summed E-state index contributed by atoms with van der Waals surface area (Å²) in [5.74, 6) is 1.94. The molecule has 2 rings (SSSR count). The minimum atomic E-state index is -0.695.